The van der Waals surface area contributed by atoms with Gasteiger partial charge in [-0.3, -0.25) is 14.6 Å². The van der Waals surface area contributed by atoms with Crippen molar-refractivity contribution >= 4 is 22.7 Å². The molecule has 0 aliphatic carbocycles. The van der Waals surface area contributed by atoms with E-state index in [-0.39, 0.29) is 24.3 Å². The lowest BCUT2D eigenvalue weighted by Crippen LogP contribution is -2.47. The van der Waals surface area contributed by atoms with E-state index in [2.05, 4.69) is 15.6 Å². The van der Waals surface area contributed by atoms with Crippen LogP contribution in [0, 0.1) is 17.2 Å². The van der Waals surface area contributed by atoms with Crippen molar-refractivity contribution < 1.29 is 9.59 Å². The van der Waals surface area contributed by atoms with Crippen LogP contribution in [0.15, 0.2) is 36.5 Å². The zero-order valence-corrected chi connectivity index (χ0v) is 13.7. The second-order valence-corrected chi connectivity index (χ2v) is 5.91. The highest BCUT2D eigenvalue weighted by Crippen LogP contribution is 2.16. The van der Waals surface area contributed by atoms with Crippen molar-refractivity contribution in [2.24, 2.45) is 5.92 Å². The van der Waals surface area contributed by atoms with Crippen molar-refractivity contribution in [3.63, 3.8) is 0 Å². The van der Waals surface area contributed by atoms with Crippen LogP contribution in [-0.2, 0) is 4.79 Å². The van der Waals surface area contributed by atoms with E-state index in [0.29, 0.717) is 12.0 Å². The van der Waals surface area contributed by atoms with Crippen molar-refractivity contribution in [1.82, 2.24) is 15.6 Å². The number of nitrogens with zero attached hydrogens (tertiary/aromatic N) is 2. The topological polar surface area (TPSA) is 94.9 Å². The monoisotopic (exact) mass is 324 g/mol. The van der Waals surface area contributed by atoms with Crippen LogP contribution < -0.4 is 10.6 Å². The first kappa shape index (κ1) is 17.4. The predicted molar refractivity (Wildman–Crippen MR) is 91.1 cm³/mol. The van der Waals surface area contributed by atoms with Gasteiger partial charge in [0.05, 0.1) is 17.1 Å². The summed E-state index contributed by atoms with van der Waals surface area (Å²) < 4.78 is 0. The van der Waals surface area contributed by atoms with E-state index in [1.54, 1.807) is 12.3 Å². The van der Waals surface area contributed by atoms with Gasteiger partial charge >= 0.3 is 0 Å². The highest BCUT2D eigenvalue weighted by Gasteiger charge is 2.23. The molecule has 2 rings (SSSR count). The van der Waals surface area contributed by atoms with Crippen molar-refractivity contribution in [2.75, 3.05) is 6.54 Å². The Kier molecular flexibility index (Phi) is 5.85. The first-order chi connectivity index (χ1) is 11.5. The summed E-state index contributed by atoms with van der Waals surface area (Å²) >= 11 is 0. The second kappa shape index (κ2) is 8.06. The minimum atomic E-state index is -0.683. The maximum atomic E-state index is 12.6. The number of hydrogen-bond acceptors (Lipinski definition) is 4. The molecular formula is C18H20N4O2. The average Bonchev–Trinajstić information content (AvgIpc) is 2.58. The van der Waals surface area contributed by atoms with Crippen LogP contribution in [0.5, 0.6) is 0 Å². The van der Waals surface area contributed by atoms with Gasteiger partial charge < -0.3 is 10.6 Å². The lowest BCUT2D eigenvalue weighted by molar-refractivity contribution is -0.123. The van der Waals surface area contributed by atoms with E-state index in [0.717, 1.165) is 10.9 Å². The van der Waals surface area contributed by atoms with Crippen LogP contribution in [0.25, 0.3) is 10.9 Å². The number of amides is 2. The second-order valence-electron chi connectivity index (χ2n) is 5.91. The van der Waals surface area contributed by atoms with Gasteiger partial charge in [-0.15, -0.1) is 0 Å². The number of hydrogen-bond donors (Lipinski definition) is 2. The number of rotatable bonds is 6. The van der Waals surface area contributed by atoms with Gasteiger partial charge in [-0.25, -0.2) is 0 Å². The van der Waals surface area contributed by atoms with Gasteiger partial charge in [-0.2, -0.15) is 5.26 Å². The lowest BCUT2D eigenvalue weighted by atomic mass is 10.0. The molecule has 2 amide bonds. The maximum absolute atomic E-state index is 12.6. The summed E-state index contributed by atoms with van der Waals surface area (Å²) in [4.78, 5) is 29.1. The van der Waals surface area contributed by atoms with E-state index >= 15 is 0 Å². The molecule has 0 unspecified atom stereocenters. The number of nitrogens with one attached hydrogen (secondary N) is 2. The number of benzene rings is 1. The smallest absolute Gasteiger partial charge is 0.252 e. The van der Waals surface area contributed by atoms with E-state index in [4.69, 9.17) is 5.26 Å². The minimum Gasteiger partial charge on any atom is -0.341 e. The first-order valence-corrected chi connectivity index (χ1v) is 7.82. The lowest BCUT2D eigenvalue weighted by Gasteiger charge is -2.20. The Labute approximate surface area is 140 Å². The molecule has 0 radical (unpaired) electrons. The van der Waals surface area contributed by atoms with Gasteiger partial charge in [0.25, 0.3) is 5.91 Å². The highest BCUT2D eigenvalue weighted by molar-refractivity contribution is 6.07. The van der Waals surface area contributed by atoms with E-state index in [9.17, 15) is 9.59 Å². The molecule has 0 fully saturated rings. The summed E-state index contributed by atoms with van der Waals surface area (Å²) in [6.45, 7) is 3.86. The summed E-state index contributed by atoms with van der Waals surface area (Å²) in [7, 11) is 0. The van der Waals surface area contributed by atoms with Gasteiger partial charge in [0.15, 0.2) is 0 Å². The molecule has 0 aliphatic heterocycles. The number of carbonyl (C=O) groups is 2. The molecule has 0 saturated heterocycles. The molecule has 6 heteroatoms. The first-order valence-electron chi connectivity index (χ1n) is 7.82. The van der Waals surface area contributed by atoms with Crippen LogP contribution in [0.3, 0.4) is 0 Å². The predicted octanol–water partition coefficient (Wildman–Crippen LogP) is 2.02. The minimum absolute atomic E-state index is 0.0819. The zero-order chi connectivity index (χ0) is 17.5. The molecule has 1 heterocycles. The third-order valence-corrected chi connectivity index (χ3v) is 3.56. The van der Waals surface area contributed by atoms with Crippen molar-refractivity contribution in [3.8, 4) is 6.07 Å². The molecule has 24 heavy (non-hydrogen) atoms. The molecule has 0 aliphatic rings. The third-order valence-electron chi connectivity index (χ3n) is 3.56. The van der Waals surface area contributed by atoms with Gasteiger partial charge in [0.2, 0.25) is 5.91 Å². The average molecular weight is 324 g/mol. The third kappa shape index (κ3) is 4.29. The van der Waals surface area contributed by atoms with Crippen LogP contribution in [-0.4, -0.2) is 29.4 Å². The summed E-state index contributed by atoms with van der Waals surface area (Å²) in [5, 5.41) is 14.6. The summed E-state index contributed by atoms with van der Waals surface area (Å²) in [6, 6.07) is 10.2. The normalized spacial score (nSPS) is 11.8. The standard InChI is InChI=1S/C18H20N4O2/c1-12(2)11-16(18(24)21-10-8-19)22-17(23)14-7-9-20-15-6-4-3-5-13(14)15/h3-7,9,12,16H,10-11H2,1-2H3,(H,21,24)(H,22,23)/t16-/m1/s1. The van der Waals surface area contributed by atoms with Crippen molar-refractivity contribution in [2.45, 2.75) is 26.3 Å². The van der Waals surface area contributed by atoms with Crippen molar-refractivity contribution in [3.05, 3.63) is 42.1 Å². The molecule has 0 spiro atoms. The van der Waals surface area contributed by atoms with Crippen LogP contribution in [0.1, 0.15) is 30.6 Å². The molecule has 0 saturated carbocycles. The molecule has 1 aromatic carbocycles. The number of fused-ring (bicyclic) bond motifs is 1. The van der Waals surface area contributed by atoms with Crippen LogP contribution in [0.2, 0.25) is 0 Å². The van der Waals surface area contributed by atoms with Gasteiger partial charge in [0.1, 0.15) is 12.6 Å². The number of pyridine rings is 1. The zero-order valence-electron chi connectivity index (χ0n) is 13.7. The molecule has 2 aromatic rings. The van der Waals surface area contributed by atoms with Crippen molar-refractivity contribution in [1.29, 1.82) is 5.26 Å². The van der Waals surface area contributed by atoms with Crippen LogP contribution in [0.4, 0.5) is 0 Å². The Hall–Kier alpha value is -2.94. The number of nitriles is 1. The van der Waals surface area contributed by atoms with Gasteiger partial charge in [-0.05, 0) is 24.5 Å². The highest BCUT2D eigenvalue weighted by atomic mass is 16.2. The number of para-hydroxylation sites is 1. The largest absolute Gasteiger partial charge is 0.341 e. The fourth-order valence-electron chi connectivity index (χ4n) is 2.48. The quantitative estimate of drug-likeness (QED) is 0.795. The Morgan fingerprint density at radius 1 is 1.25 bits per heavy atom. The fraction of sp³-hybridized carbons (Fsp3) is 0.333. The van der Waals surface area contributed by atoms with Gasteiger partial charge in [-0.1, -0.05) is 32.0 Å². The number of aromatic nitrogens is 1. The van der Waals surface area contributed by atoms with Crippen LogP contribution >= 0.6 is 0 Å². The van der Waals surface area contributed by atoms with Gasteiger partial charge in [0, 0.05) is 11.6 Å². The van der Waals surface area contributed by atoms with E-state index < -0.39 is 6.04 Å². The van der Waals surface area contributed by atoms with E-state index in [1.807, 2.05) is 44.2 Å². The Bertz CT molecular complexity index is 775. The maximum Gasteiger partial charge on any atom is 0.252 e. The van der Waals surface area contributed by atoms with E-state index in [1.165, 1.54) is 0 Å². The molecule has 1 aromatic heterocycles. The Morgan fingerprint density at radius 2 is 2.00 bits per heavy atom. The Balaban J connectivity index is 2.23. The number of carbonyl (C=O) groups excluding carboxylic acids is 2. The molecule has 2 N–H and O–H groups in total. The molecule has 6 nitrogen and oxygen atoms in total. The SMILES string of the molecule is CC(C)C[C@@H](NC(=O)c1ccnc2ccccc12)C(=O)NCC#N. The molecule has 124 valence electrons. The Morgan fingerprint density at radius 3 is 2.71 bits per heavy atom. The summed E-state index contributed by atoms with van der Waals surface area (Å²) in [5.41, 5.74) is 1.20. The molecular weight excluding hydrogens is 304 g/mol. The molecule has 0 bridgehead atoms. The summed E-state index contributed by atoms with van der Waals surface area (Å²) in [6.07, 6.45) is 2.07. The fourth-order valence-corrected chi connectivity index (χ4v) is 2.48. The summed E-state index contributed by atoms with van der Waals surface area (Å²) in [5.74, 6) is -0.458. The molecule has 1 atom stereocenters.